The standard InChI is InChI=1S/C16H20ClN5/c1-11-13(17)8-5-9-14(11)20-16-21-15(10-18-22-16)19-12-6-3-2-4-7-12/h5,8-10,12H,2-4,6-7H2,1H3,(H2,19,20,21,22). The van der Waals surface area contributed by atoms with Gasteiger partial charge in [0.05, 0.1) is 6.20 Å². The minimum atomic E-state index is 0.478. The maximum Gasteiger partial charge on any atom is 0.249 e. The first kappa shape index (κ1) is 15.0. The van der Waals surface area contributed by atoms with Gasteiger partial charge in [-0.25, -0.2) is 0 Å². The Bertz CT molecular complexity index is 640. The predicted octanol–water partition coefficient (Wildman–Crippen LogP) is 4.32. The number of hydrogen-bond acceptors (Lipinski definition) is 5. The number of benzene rings is 1. The molecule has 6 heteroatoms. The Balaban J connectivity index is 1.72. The van der Waals surface area contributed by atoms with Crippen molar-refractivity contribution in [3.05, 3.63) is 35.0 Å². The van der Waals surface area contributed by atoms with E-state index in [1.165, 1.54) is 32.1 Å². The van der Waals surface area contributed by atoms with Crippen LogP contribution in [0.25, 0.3) is 0 Å². The molecule has 3 rings (SSSR count). The fourth-order valence-corrected chi connectivity index (χ4v) is 2.92. The average molecular weight is 318 g/mol. The lowest BCUT2D eigenvalue weighted by atomic mass is 9.96. The highest BCUT2D eigenvalue weighted by Crippen LogP contribution is 2.25. The third kappa shape index (κ3) is 3.65. The first-order chi connectivity index (χ1) is 10.7. The number of halogens is 1. The molecular formula is C16H20ClN5. The highest BCUT2D eigenvalue weighted by molar-refractivity contribution is 6.31. The summed E-state index contributed by atoms with van der Waals surface area (Å²) < 4.78 is 0. The highest BCUT2D eigenvalue weighted by atomic mass is 35.5. The monoisotopic (exact) mass is 317 g/mol. The predicted molar refractivity (Wildman–Crippen MR) is 89.8 cm³/mol. The van der Waals surface area contributed by atoms with E-state index >= 15 is 0 Å². The molecule has 0 bridgehead atoms. The van der Waals surface area contributed by atoms with Gasteiger partial charge in [0.25, 0.3) is 0 Å². The minimum absolute atomic E-state index is 0.478. The fraction of sp³-hybridized carbons (Fsp3) is 0.438. The van der Waals surface area contributed by atoms with Crippen LogP contribution in [0.5, 0.6) is 0 Å². The number of rotatable bonds is 4. The third-order valence-electron chi connectivity index (χ3n) is 4.03. The average Bonchev–Trinajstić information content (AvgIpc) is 2.53. The largest absolute Gasteiger partial charge is 0.366 e. The van der Waals surface area contributed by atoms with E-state index < -0.39 is 0 Å². The molecule has 1 heterocycles. The van der Waals surface area contributed by atoms with Crippen molar-refractivity contribution in [2.75, 3.05) is 10.6 Å². The molecular weight excluding hydrogens is 298 g/mol. The topological polar surface area (TPSA) is 62.7 Å². The molecule has 5 nitrogen and oxygen atoms in total. The van der Waals surface area contributed by atoms with Crippen LogP contribution in [-0.4, -0.2) is 21.2 Å². The molecule has 0 unspecified atom stereocenters. The second-order valence-corrected chi connectivity index (χ2v) is 6.09. The summed E-state index contributed by atoms with van der Waals surface area (Å²) >= 11 is 6.13. The van der Waals surface area contributed by atoms with Gasteiger partial charge in [0.2, 0.25) is 5.95 Å². The number of nitrogens with zero attached hydrogens (tertiary/aromatic N) is 3. The molecule has 116 valence electrons. The lowest BCUT2D eigenvalue weighted by molar-refractivity contribution is 0.461. The molecule has 1 aromatic heterocycles. The Morgan fingerprint density at radius 3 is 2.82 bits per heavy atom. The van der Waals surface area contributed by atoms with E-state index in [2.05, 4.69) is 25.8 Å². The van der Waals surface area contributed by atoms with Crippen molar-refractivity contribution in [1.82, 2.24) is 15.2 Å². The van der Waals surface area contributed by atoms with Crippen molar-refractivity contribution in [2.24, 2.45) is 0 Å². The van der Waals surface area contributed by atoms with Crippen LogP contribution in [0.1, 0.15) is 37.7 Å². The van der Waals surface area contributed by atoms with Gasteiger partial charge < -0.3 is 10.6 Å². The van der Waals surface area contributed by atoms with E-state index in [4.69, 9.17) is 11.6 Å². The van der Waals surface area contributed by atoms with Crippen LogP contribution in [-0.2, 0) is 0 Å². The molecule has 0 atom stereocenters. The lowest BCUT2D eigenvalue weighted by Crippen LogP contribution is -2.23. The molecule has 2 aromatic rings. The van der Waals surface area contributed by atoms with Gasteiger partial charge >= 0.3 is 0 Å². The highest BCUT2D eigenvalue weighted by Gasteiger charge is 2.14. The zero-order valence-electron chi connectivity index (χ0n) is 12.6. The first-order valence-corrected chi connectivity index (χ1v) is 8.08. The molecule has 2 N–H and O–H groups in total. The second kappa shape index (κ2) is 6.92. The van der Waals surface area contributed by atoms with E-state index in [1.807, 2.05) is 25.1 Å². The van der Waals surface area contributed by atoms with Gasteiger partial charge in [-0.3, -0.25) is 0 Å². The molecule has 1 fully saturated rings. The number of anilines is 3. The Morgan fingerprint density at radius 1 is 1.18 bits per heavy atom. The summed E-state index contributed by atoms with van der Waals surface area (Å²) in [5, 5.41) is 15.4. The van der Waals surface area contributed by atoms with Crippen molar-refractivity contribution in [3.8, 4) is 0 Å². The molecule has 0 saturated heterocycles. The van der Waals surface area contributed by atoms with Gasteiger partial charge in [-0.15, -0.1) is 5.10 Å². The molecule has 1 saturated carbocycles. The summed E-state index contributed by atoms with van der Waals surface area (Å²) in [6.07, 6.45) is 7.96. The summed E-state index contributed by atoms with van der Waals surface area (Å²) in [6, 6.07) is 6.20. The van der Waals surface area contributed by atoms with Gasteiger partial charge in [-0.2, -0.15) is 10.1 Å². The van der Waals surface area contributed by atoms with Crippen LogP contribution in [0.4, 0.5) is 17.5 Å². The number of hydrogen-bond donors (Lipinski definition) is 2. The quantitative estimate of drug-likeness (QED) is 0.879. The molecule has 1 aromatic carbocycles. The van der Waals surface area contributed by atoms with E-state index in [9.17, 15) is 0 Å². The van der Waals surface area contributed by atoms with Crippen molar-refractivity contribution < 1.29 is 0 Å². The van der Waals surface area contributed by atoms with Crippen LogP contribution in [0.2, 0.25) is 5.02 Å². The maximum atomic E-state index is 6.13. The summed E-state index contributed by atoms with van der Waals surface area (Å²) in [7, 11) is 0. The van der Waals surface area contributed by atoms with Crippen molar-refractivity contribution in [3.63, 3.8) is 0 Å². The Kier molecular flexibility index (Phi) is 4.73. The third-order valence-corrected chi connectivity index (χ3v) is 4.44. The molecule has 1 aliphatic rings. The molecule has 0 amide bonds. The van der Waals surface area contributed by atoms with Gasteiger partial charge in [-0.05, 0) is 37.5 Å². The smallest absolute Gasteiger partial charge is 0.249 e. The van der Waals surface area contributed by atoms with E-state index in [1.54, 1.807) is 6.20 Å². The summed E-state index contributed by atoms with van der Waals surface area (Å²) in [6.45, 7) is 1.96. The zero-order chi connectivity index (χ0) is 15.4. The van der Waals surface area contributed by atoms with E-state index in [0.717, 1.165) is 22.1 Å². The van der Waals surface area contributed by atoms with Gasteiger partial charge in [0.15, 0.2) is 5.82 Å². The zero-order valence-corrected chi connectivity index (χ0v) is 13.4. The Hall–Kier alpha value is -1.88. The SMILES string of the molecule is Cc1c(Cl)cccc1Nc1nncc(NC2CCCCC2)n1. The second-order valence-electron chi connectivity index (χ2n) is 5.68. The number of aromatic nitrogens is 3. The van der Waals surface area contributed by atoms with Crippen molar-refractivity contribution in [1.29, 1.82) is 0 Å². The first-order valence-electron chi connectivity index (χ1n) is 7.71. The van der Waals surface area contributed by atoms with Crippen LogP contribution >= 0.6 is 11.6 Å². The van der Waals surface area contributed by atoms with Gasteiger partial charge in [0, 0.05) is 16.8 Å². The lowest BCUT2D eigenvalue weighted by Gasteiger charge is -2.23. The minimum Gasteiger partial charge on any atom is -0.366 e. The summed E-state index contributed by atoms with van der Waals surface area (Å²) in [5.74, 6) is 1.25. The maximum absolute atomic E-state index is 6.13. The molecule has 1 aliphatic carbocycles. The number of nitrogens with one attached hydrogen (secondary N) is 2. The normalized spacial score (nSPS) is 15.5. The molecule has 22 heavy (non-hydrogen) atoms. The van der Waals surface area contributed by atoms with Crippen molar-refractivity contribution >= 4 is 29.1 Å². The Morgan fingerprint density at radius 2 is 2.00 bits per heavy atom. The van der Waals surface area contributed by atoms with Crippen molar-refractivity contribution in [2.45, 2.75) is 45.1 Å². The van der Waals surface area contributed by atoms with E-state index in [0.29, 0.717) is 12.0 Å². The van der Waals surface area contributed by atoms with Gasteiger partial charge in [-0.1, -0.05) is 36.9 Å². The summed E-state index contributed by atoms with van der Waals surface area (Å²) in [4.78, 5) is 4.49. The van der Waals surface area contributed by atoms with E-state index in [-0.39, 0.29) is 0 Å². The fourth-order valence-electron chi connectivity index (χ4n) is 2.75. The molecule has 0 aliphatic heterocycles. The summed E-state index contributed by atoms with van der Waals surface area (Å²) in [5.41, 5.74) is 1.86. The molecule has 0 radical (unpaired) electrons. The van der Waals surface area contributed by atoms with Crippen LogP contribution in [0, 0.1) is 6.92 Å². The Labute approximate surface area is 135 Å². The van der Waals surface area contributed by atoms with Crippen LogP contribution in [0.3, 0.4) is 0 Å². The van der Waals surface area contributed by atoms with Gasteiger partial charge in [0.1, 0.15) is 0 Å². The van der Waals surface area contributed by atoms with Crippen LogP contribution < -0.4 is 10.6 Å². The van der Waals surface area contributed by atoms with Crippen LogP contribution in [0.15, 0.2) is 24.4 Å². The molecule has 0 spiro atoms.